The smallest absolute Gasteiger partial charge is 0.161 e. The van der Waals surface area contributed by atoms with Crippen LogP contribution in [0.1, 0.15) is 80.1 Å². The summed E-state index contributed by atoms with van der Waals surface area (Å²) in [6, 6.07) is 0.852. The second-order valence-corrected chi connectivity index (χ2v) is 9.51. The molecule has 0 aromatic rings. The first-order valence-electron chi connectivity index (χ1n) is 13.0. The van der Waals surface area contributed by atoms with Gasteiger partial charge in [-0.25, -0.2) is 0 Å². The zero-order valence-corrected chi connectivity index (χ0v) is 22.3. The molecule has 2 N–H and O–H groups in total. The minimum atomic E-state index is 0.0487. The molecule has 0 amide bonds. The Balaban J connectivity index is 3.69. The van der Waals surface area contributed by atoms with Crippen molar-refractivity contribution in [3.8, 4) is 0 Å². The molecule has 0 spiro atoms. The Labute approximate surface area is 203 Å². The van der Waals surface area contributed by atoms with Crippen molar-refractivity contribution in [2.45, 2.75) is 92.2 Å². The largest absolute Gasteiger partial charge is 0.378 e. The Kier molecular flexibility index (Phi) is 21.1. The predicted molar refractivity (Wildman–Crippen MR) is 135 cm³/mol. The lowest BCUT2D eigenvalue weighted by atomic mass is 9.94. The van der Waals surface area contributed by atoms with Crippen LogP contribution >= 0.6 is 0 Å². The van der Waals surface area contributed by atoms with Gasteiger partial charge < -0.3 is 24.8 Å². The minimum absolute atomic E-state index is 0.0487. The molecule has 0 saturated heterocycles. The molecule has 7 nitrogen and oxygen atoms in total. The summed E-state index contributed by atoms with van der Waals surface area (Å²) in [5.41, 5.74) is 0. The van der Waals surface area contributed by atoms with E-state index in [4.69, 9.17) is 14.2 Å². The first-order valence-corrected chi connectivity index (χ1v) is 13.0. The van der Waals surface area contributed by atoms with Crippen molar-refractivity contribution in [2.75, 3.05) is 52.7 Å². The van der Waals surface area contributed by atoms with Crippen molar-refractivity contribution in [1.29, 1.82) is 0 Å². The standard InChI is InChI=1S/C26H52N2O5/c1-7-24(26(30)20-33-18-17-31-16-14-27-22(4)5)12-11-23(6)28-13-9-8-10-15-32-19-25(29)21(2)3/h21-24,27-28H,7-20H2,1-6H3. The SMILES string of the molecule is CCC(CCC(C)NCCCCCOCC(=O)C(C)C)C(=O)COCCOCCNC(C)C. The zero-order chi connectivity index (χ0) is 24.9. The van der Waals surface area contributed by atoms with Crippen LogP contribution in [0.2, 0.25) is 0 Å². The first kappa shape index (κ1) is 32.1. The third-order valence-electron chi connectivity index (χ3n) is 5.66. The van der Waals surface area contributed by atoms with E-state index in [1.807, 2.05) is 13.8 Å². The summed E-state index contributed by atoms with van der Waals surface area (Å²) in [6.45, 7) is 16.8. The van der Waals surface area contributed by atoms with Gasteiger partial charge in [-0.2, -0.15) is 0 Å². The highest BCUT2D eigenvalue weighted by atomic mass is 16.5. The molecule has 2 atom stereocenters. The molecule has 0 aliphatic rings. The highest BCUT2D eigenvalue weighted by Crippen LogP contribution is 2.14. The summed E-state index contributed by atoms with van der Waals surface area (Å²) in [4.78, 5) is 23.9. The number of rotatable bonds is 24. The number of carbonyl (C=O) groups excluding carboxylic acids is 2. The van der Waals surface area contributed by atoms with Gasteiger partial charge in [-0.05, 0) is 52.0 Å². The minimum Gasteiger partial charge on any atom is -0.378 e. The molecule has 0 fully saturated rings. The fourth-order valence-electron chi connectivity index (χ4n) is 3.27. The number of ether oxygens (including phenoxy) is 3. The van der Waals surface area contributed by atoms with Gasteiger partial charge in [0.2, 0.25) is 0 Å². The normalized spacial score (nSPS) is 13.6. The van der Waals surface area contributed by atoms with Crippen LogP contribution in [0.3, 0.4) is 0 Å². The molecule has 0 rings (SSSR count). The molecular formula is C26H52N2O5. The molecular weight excluding hydrogens is 420 g/mol. The number of hydrogen-bond donors (Lipinski definition) is 2. The van der Waals surface area contributed by atoms with E-state index in [9.17, 15) is 9.59 Å². The van der Waals surface area contributed by atoms with E-state index >= 15 is 0 Å². The Morgan fingerprint density at radius 1 is 0.697 bits per heavy atom. The topological polar surface area (TPSA) is 85.9 Å². The molecule has 0 aliphatic carbocycles. The van der Waals surface area contributed by atoms with Crippen LogP contribution in [-0.4, -0.2) is 76.4 Å². The summed E-state index contributed by atoms with van der Waals surface area (Å²) in [5.74, 6) is 0.478. The van der Waals surface area contributed by atoms with Gasteiger partial charge in [0.1, 0.15) is 13.2 Å². The van der Waals surface area contributed by atoms with Crippen LogP contribution in [0.15, 0.2) is 0 Å². The van der Waals surface area contributed by atoms with Crippen molar-refractivity contribution in [1.82, 2.24) is 10.6 Å². The highest BCUT2D eigenvalue weighted by molar-refractivity contribution is 5.82. The summed E-state index contributed by atoms with van der Waals surface area (Å²) in [6.07, 6.45) is 5.88. The highest BCUT2D eigenvalue weighted by Gasteiger charge is 2.17. The molecule has 0 radical (unpaired) electrons. The maximum absolute atomic E-state index is 12.4. The van der Waals surface area contributed by atoms with Gasteiger partial charge in [-0.15, -0.1) is 0 Å². The summed E-state index contributed by atoms with van der Waals surface area (Å²) < 4.78 is 16.4. The number of nitrogens with one attached hydrogen (secondary N) is 2. The monoisotopic (exact) mass is 472 g/mol. The van der Waals surface area contributed by atoms with Crippen molar-refractivity contribution >= 4 is 11.6 Å². The molecule has 0 heterocycles. The second-order valence-electron chi connectivity index (χ2n) is 9.51. The van der Waals surface area contributed by atoms with E-state index in [2.05, 4.69) is 38.3 Å². The maximum atomic E-state index is 12.4. The first-order chi connectivity index (χ1) is 15.8. The van der Waals surface area contributed by atoms with Crippen LogP contribution in [0.25, 0.3) is 0 Å². The third-order valence-corrected chi connectivity index (χ3v) is 5.66. The average molecular weight is 473 g/mol. The van der Waals surface area contributed by atoms with Gasteiger partial charge in [0.05, 0.1) is 19.8 Å². The summed E-state index contributed by atoms with van der Waals surface area (Å²) in [5, 5.41) is 6.84. The lowest BCUT2D eigenvalue weighted by Gasteiger charge is -2.18. The van der Waals surface area contributed by atoms with Gasteiger partial charge >= 0.3 is 0 Å². The van der Waals surface area contributed by atoms with Gasteiger partial charge in [-0.1, -0.05) is 34.6 Å². The number of ketones is 2. The molecule has 0 aromatic heterocycles. The third kappa shape index (κ3) is 20.2. The lowest BCUT2D eigenvalue weighted by Crippen LogP contribution is -2.29. The van der Waals surface area contributed by atoms with Gasteiger partial charge in [0.25, 0.3) is 0 Å². The van der Waals surface area contributed by atoms with E-state index in [0.29, 0.717) is 38.5 Å². The molecule has 0 bridgehead atoms. The number of hydrogen-bond acceptors (Lipinski definition) is 7. The molecule has 7 heteroatoms. The molecule has 33 heavy (non-hydrogen) atoms. The maximum Gasteiger partial charge on any atom is 0.161 e. The number of Topliss-reactive ketones (excluding diaryl/α,β-unsaturated/α-hetero) is 2. The van der Waals surface area contributed by atoms with Gasteiger partial charge in [0.15, 0.2) is 11.6 Å². The van der Waals surface area contributed by atoms with Crippen LogP contribution in [0.5, 0.6) is 0 Å². The molecule has 0 saturated carbocycles. The van der Waals surface area contributed by atoms with Crippen molar-refractivity contribution in [3.05, 3.63) is 0 Å². The van der Waals surface area contributed by atoms with E-state index < -0.39 is 0 Å². The van der Waals surface area contributed by atoms with E-state index in [-0.39, 0.29) is 36.6 Å². The molecule has 0 aromatic carbocycles. The lowest BCUT2D eigenvalue weighted by molar-refractivity contribution is -0.128. The van der Waals surface area contributed by atoms with E-state index in [0.717, 1.165) is 51.6 Å². The fourth-order valence-corrected chi connectivity index (χ4v) is 3.27. The number of carbonyl (C=O) groups is 2. The van der Waals surface area contributed by atoms with Crippen LogP contribution in [0.4, 0.5) is 0 Å². The Morgan fingerprint density at radius 3 is 2.03 bits per heavy atom. The van der Waals surface area contributed by atoms with Crippen molar-refractivity contribution in [3.63, 3.8) is 0 Å². The Hall–Kier alpha value is -0.860. The van der Waals surface area contributed by atoms with Crippen LogP contribution < -0.4 is 10.6 Å². The zero-order valence-electron chi connectivity index (χ0n) is 22.3. The Morgan fingerprint density at radius 2 is 1.36 bits per heavy atom. The molecule has 0 aliphatic heterocycles. The van der Waals surface area contributed by atoms with Gasteiger partial charge in [-0.3, -0.25) is 9.59 Å². The van der Waals surface area contributed by atoms with E-state index in [1.54, 1.807) is 0 Å². The van der Waals surface area contributed by atoms with Crippen LogP contribution in [-0.2, 0) is 23.8 Å². The second kappa shape index (κ2) is 21.7. The summed E-state index contributed by atoms with van der Waals surface area (Å²) >= 11 is 0. The molecule has 196 valence electrons. The summed E-state index contributed by atoms with van der Waals surface area (Å²) in [7, 11) is 0. The average Bonchev–Trinajstić information content (AvgIpc) is 2.77. The van der Waals surface area contributed by atoms with Crippen LogP contribution in [0, 0.1) is 11.8 Å². The fraction of sp³-hybridized carbons (Fsp3) is 0.923. The Bertz CT molecular complexity index is 485. The molecule has 2 unspecified atom stereocenters. The van der Waals surface area contributed by atoms with Crippen molar-refractivity contribution < 1.29 is 23.8 Å². The number of unbranched alkanes of at least 4 members (excludes halogenated alkanes) is 2. The predicted octanol–water partition coefficient (Wildman–Crippen LogP) is 3.78. The van der Waals surface area contributed by atoms with Gasteiger partial charge in [0, 0.05) is 37.1 Å². The van der Waals surface area contributed by atoms with Crippen molar-refractivity contribution in [2.24, 2.45) is 11.8 Å². The van der Waals surface area contributed by atoms with E-state index in [1.165, 1.54) is 0 Å². The quantitative estimate of drug-likeness (QED) is 0.207.